The third-order valence-electron chi connectivity index (χ3n) is 6.29. The second-order valence-electron chi connectivity index (χ2n) is 7.62. The zero-order valence-electron chi connectivity index (χ0n) is 14.0. The zero-order chi connectivity index (χ0) is 16.7. The standard InChI is InChI=1S/C20H25NO3/c22-19(12-13-7-8-14-3-1-4-15(14)11-13)21-10-9-17(20(23)24)16-5-2-6-18(16)21/h7-8,11,16-18H,1-6,9-10,12H2,(H,23,24). The molecule has 128 valence electrons. The van der Waals surface area contributed by atoms with Gasteiger partial charge in [0, 0.05) is 12.6 Å². The molecule has 1 heterocycles. The summed E-state index contributed by atoms with van der Waals surface area (Å²) in [5.41, 5.74) is 3.95. The minimum atomic E-state index is -0.683. The van der Waals surface area contributed by atoms with Gasteiger partial charge in [0.2, 0.25) is 5.91 Å². The summed E-state index contributed by atoms with van der Waals surface area (Å²) < 4.78 is 0. The van der Waals surface area contributed by atoms with Gasteiger partial charge in [0.05, 0.1) is 12.3 Å². The molecular formula is C20H25NO3. The molecule has 1 aliphatic heterocycles. The fourth-order valence-electron chi connectivity index (χ4n) is 5.11. The molecule has 0 aromatic heterocycles. The molecule has 3 atom stereocenters. The minimum absolute atomic E-state index is 0.141. The SMILES string of the molecule is O=C(O)C1CCN(C(=O)Cc2ccc3c(c2)CCC3)C2CCCC12. The predicted molar refractivity (Wildman–Crippen MR) is 90.8 cm³/mol. The number of hydrogen-bond donors (Lipinski definition) is 1. The Kier molecular flexibility index (Phi) is 4.07. The van der Waals surface area contributed by atoms with Gasteiger partial charge in [-0.15, -0.1) is 0 Å². The summed E-state index contributed by atoms with van der Waals surface area (Å²) in [7, 11) is 0. The van der Waals surface area contributed by atoms with Crippen LogP contribution in [-0.2, 0) is 28.9 Å². The van der Waals surface area contributed by atoms with Crippen LogP contribution in [0, 0.1) is 11.8 Å². The number of fused-ring (bicyclic) bond motifs is 2. The maximum absolute atomic E-state index is 12.9. The lowest BCUT2D eigenvalue weighted by Crippen LogP contribution is -2.51. The van der Waals surface area contributed by atoms with E-state index in [1.54, 1.807) is 0 Å². The quantitative estimate of drug-likeness (QED) is 0.929. The Morgan fingerprint density at radius 3 is 2.75 bits per heavy atom. The van der Waals surface area contributed by atoms with Crippen molar-refractivity contribution in [2.24, 2.45) is 11.8 Å². The Bertz CT molecular complexity index is 669. The molecule has 24 heavy (non-hydrogen) atoms. The highest BCUT2D eigenvalue weighted by Crippen LogP contribution is 2.41. The normalized spacial score (nSPS) is 28.5. The van der Waals surface area contributed by atoms with Crippen LogP contribution in [0.25, 0.3) is 0 Å². The number of rotatable bonds is 3. The summed E-state index contributed by atoms with van der Waals surface area (Å²) in [5, 5.41) is 9.43. The average Bonchev–Trinajstić information content (AvgIpc) is 3.22. The van der Waals surface area contributed by atoms with Gasteiger partial charge in [-0.1, -0.05) is 24.6 Å². The summed E-state index contributed by atoms with van der Waals surface area (Å²) in [6.45, 7) is 0.599. The van der Waals surface area contributed by atoms with Crippen LogP contribution in [0.4, 0.5) is 0 Å². The number of carboxylic acid groups (broad SMARTS) is 1. The van der Waals surface area contributed by atoms with Crippen molar-refractivity contribution in [3.8, 4) is 0 Å². The van der Waals surface area contributed by atoms with Crippen LogP contribution in [-0.4, -0.2) is 34.5 Å². The summed E-state index contributed by atoms with van der Waals surface area (Å²) in [6, 6.07) is 6.62. The monoisotopic (exact) mass is 327 g/mol. The van der Waals surface area contributed by atoms with Gasteiger partial charge in [0.1, 0.15) is 0 Å². The van der Waals surface area contributed by atoms with Crippen molar-refractivity contribution in [1.82, 2.24) is 4.90 Å². The fourth-order valence-corrected chi connectivity index (χ4v) is 5.11. The van der Waals surface area contributed by atoms with Crippen LogP contribution in [0.15, 0.2) is 18.2 Å². The fraction of sp³-hybridized carbons (Fsp3) is 0.600. The van der Waals surface area contributed by atoms with Crippen LogP contribution in [0.2, 0.25) is 0 Å². The predicted octanol–water partition coefficient (Wildman–Crippen LogP) is 2.82. The van der Waals surface area contributed by atoms with Crippen molar-refractivity contribution in [1.29, 1.82) is 0 Å². The number of benzene rings is 1. The molecule has 1 aromatic rings. The average molecular weight is 327 g/mol. The van der Waals surface area contributed by atoms with E-state index in [1.807, 2.05) is 4.90 Å². The van der Waals surface area contributed by atoms with E-state index in [1.165, 1.54) is 17.5 Å². The highest BCUT2D eigenvalue weighted by molar-refractivity contribution is 5.80. The number of aliphatic carboxylic acids is 1. The lowest BCUT2D eigenvalue weighted by atomic mass is 9.81. The molecule has 4 heteroatoms. The van der Waals surface area contributed by atoms with Crippen molar-refractivity contribution in [3.05, 3.63) is 34.9 Å². The molecule has 3 unspecified atom stereocenters. The van der Waals surface area contributed by atoms with E-state index in [9.17, 15) is 14.7 Å². The zero-order valence-corrected chi connectivity index (χ0v) is 14.0. The van der Waals surface area contributed by atoms with E-state index in [-0.39, 0.29) is 23.8 Å². The van der Waals surface area contributed by atoms with E-state index in [4.69, 9.17) is 0 Å². The van der Waals surface area contributed by atoms with Crippen molar-refractivity contribution in [2.45, 2.75) is 57.4 Å². The third-order valence-corrected chi connectivity index (χ3v) is 6.29. The summed E-state index contributed by atoms with van der Waals surface area (Å²) in [4.78, 5) is 26.3. The molecule has 1 saturated heterocycles. The maximum atomic E-state index is 12.9. The smallest absolute Gasteiger partial charge is 0.306 e. The first-order chi connectivity index (χ1) is 11.6. The Hall–Kier alpha value is -1.84. The first-order valence-electron chi connectivity index (χ1n) is 9.26. The number of carbonyl (C=O) groups is 2. The van der Waals surface area contributed by atoms with E-state index in [0.29, 0.717) is 19.4 Å². The van der Waals surface area contributed by atoms with Gasteiger partial charge in [-0.25, -0.2) is 0 Å². The van der Waals surface area contributed by atoms with E-state index < -0.39 is 5.97 Å². The van der Waals surface area contributed by atoms with Gasteiger partial charge in [-0.05, 0) is 61.1 Å². The van der Waals surface area contributed by atoms with Crippen molar-refractivity contribution in [2.75, 3.05) is 6.54 Å². The maximum Gasteiger partial charge on any atom is 0.306 e. The van der Waals surface area contributed by atoms with Crippen LogP contribution in [0.5, 0.6) is 0 Å². The number of carboxylic acids is 1. The number of piperidine rings is 1. The second-order valence-corrected chi connectivity index (χ2v) is 7.62. The lowest BCUT2D eigenvalue weighted by Gasteiger charge is -2.41. The molecule has 4 rings (SSSR count). The molecule has 4 nitrogen and oxygen atoms in total. The number of aryl methyl sites for hydroxylation is 2. The van der Waals surface area contributed by atoms with E-state index in [0.717, 1.165) is 37.7 Å². The highest BCUT2D eigenvalue weighted by atomic mass is 16.4. The van der Waals surface area contributed by atoms with Gasteiger partial charge < -0.3 is 10.0 Å². The van der Waals surface area contributed by atoms with Gasteiger partial charge in [0.25, 0.3) is 0 Å². The van der Waals surface area contributed by atoms with Gasteiger partial charge in [-0.2, -0.15) is 0 Å². The largest absolute Gasteiger partial charge is 0.481 e. The summed E-state index contributed by atoms with van der Waals surface area (Å²) in [6.07, 6.45) is 7.53. The summed E-state index contributed by atoms with van der Waals surface area (Å²) in [5.74, 6) is -0.618. The molecule has 2 fully saturated rings. The molecule has 0 radical (unpaired) electrons. The van der Waals surface area contributed by atoms with Gasteiger partial charge in [-0.3, -0.25) is 9.59 Å². The first kappa shape index (κ1) is 15.7. The lowest BCUT2D eigenvalue weighted by molar-refractivity contribution is -0.150. The molecule has 3 aliphatic rings. The molecule has 0 spiro atoms. The van der Waals surface area contributed by atoms with Crippen LogP contribution in [0.1, 0.15) is 48.8 Å². The molecular weight excluding hydrogens is 302 g/mol. The molecule has 0 bridgehead atoms. The number of carbonyl (C=O) groups excluding carboxylic acids is 1. The molecule has 1 saturated carbocycles. The molecule has 2 aliphatic carbocycles. The second kappa shape index (κ2) is 6.23. The number of amides is 1. The van der Waals surface area contributed by atoms with Crippen LogP contribution in [0.3, 0.4) is 0 Å². The number of hydrogen-bond acceptors (Lipinski definition) is 2. The van der Waals surface area contributed by atoms with E-state index in [2.05, 4.69) is 18.2 Å². The number of nitrogens with zero attached hydrogens (tertiary/aromatic N) is 1. The Morgan fingerprint density at radius 1 is 1.08 bits per heavy atom. The minimum Gasteiger partial charge on any atom is -0.481 e. The molecule has 1 amide bonds. The topological polar surface area (TPSA) is 57.6 Å². The van der Waals surface area contributed by atoms with Crippen molar-refractivity contribution >= 4 is 11.9 Å². The third kappa shape index (κ3) is 2.72. The van der Waals surface area contributed by atoms with Crippen LogP contribution < -0.4 is 0 Å². The highest BCUT2D eigenvalue weighted by Gasteiger charge is 2.45. The van der Waals surface area contributed by atoms with Crippen molar-refractivity contribution in [3.63, 3.8) is 0 Å². The molecule has 1 aromatic carbocycles. The van der Waals surface area contributed by atoms with Crippen molar-refractivity contribution < 1.29 is 14.7 Å². The van der Waals surface area contributed by atoms with Gasteiger partial charge in [0.15, 0.2) is 0 Å². The van der Waals surface area contributed by atoms with Gasteiger partial charge >= 0.3 is 5.97 Å². The Labute approximate surface area is 142 Å². The molecule has 1 N–H and O–H groups in total. The number of likely N-dealkylation sites (tertiary alicyclic amines) is 1. The first-order valence-corrected chi connectivity index (χ1v) is 9.26. The van der Waals surface area contributed by atoms with Crippen LogP contribution >= 0.6 is 0 Å². The Balaban J connectivity index is 1.47. The summed E-state index contributed by atoms with van der Waals surface area (Å²) >= 11 is 0. The van der Waals surface area contributed by atoms with E-state index >= 15 is 0 Å². The Morgan fingerprint density at radius 2 is 1.92 bits per heavy atom.